The molecule has 1 aliphatic heterocycles. The van der Waals surface area contributed by atoms with E-state index < -0.39 is 45.2 Å². The highest BCUT2D eigenvalue weighted by atomic mass is 32.2. The number of anilines is 1. The molecule has 2 N–H and O–H groups in total. The number of alkyl halides is 6. The van der Waals surface area contributed by atoms with Gasteiger partial charge in [-0.3, -0.25) is 0 Å². The van der Waals surface area contributed by atoms with E-state index in [0.717, 1.165) is 10.6 Å². The zero-order valence-electron chi connectivity index (χ0n) is 17.4. The Bertz CT molecular complexity index is 1150. The number of halogens is 6. The van der Waals surface area contributed by atoms with Crippen LogP contribution in [-0.4, -0.2) is 53.5 Å². The molecule has 0 fully saturated rings. The van der Waals surface area contributed by atoms with Gasteiger partial charge >= 0.3 is 12.4 Å². The third-order valence-electron chi connectivity index (χ3n) is 5.07. The van der Waals surface area contributed by atoms with E-state index in [4.69, 9.17) is 0 Å². The Labute approximate surface area is 185 Å². The summed E-state index contributed by atoms with van der Waals surface area (Å²) in [5.41, 5.74) is -3.37. The average molecular weight is 498 g/mol. The van der Waals surface area contributed by atoms with E-state index >= 15 is 0 Å². The maximum absolute atomic E-state index is 13.7. The monoisotopic (exact) mass is 498 g/mol. The third-order valence-corrected chi connectivity index (χ3v) is 6.32. The van der Waals surface area contributed by atoms with Crippen molar-refractivity contribution in [1.29, 1.82) is 0 Å². The molecule has 2 aromatic rings. The highest BCUT2D eigenvalue weighted by Crippen LogP contribution is 2.42. The summed E-state index contributed by atoms with van der Waals surface area (Å²) in [6.07, 6.45) is -9.96. The topological polar surface area (TPSA) is 95.4 Å². The summed E-state index contributed by atoms with van der Waals surface area (Å²) in [6, 6.07) is 1.25. The van der Waals surface area contributed by atoms with Gasteiger partial charge in [0, 0.05) is 30.8 Å². The largest absolute Gasteiger partial charge is 0.417 e. The Morgan fingerprint density at radius 3 is 2.33 bits per heavy atom. The third kappa shape index (κ3) is 5.55. The molecule has 182 valence electrons. The van der Waals surface area contributed by atoms with Gasteiger partial charge < -0.3 is 10.4 Å². The van der Waals surface area contributed by atoms with Crippen LogP contribution >= 0.6 is 0 Å². The SMILES string of the molecule is C[C@@H](O)CNc1nnc(-c2ccc(C(F)(F)F)cc2C(F)(F)F)c2c1CN(S(C)(=O)=O)CC2. The molecule has 0 aliphatic carbocycles. The number of rotatable bonds is 5. The molecule has 14 heteroatoms. The normalized spacial score (nSPS) is 16.4. The fraction of sp³-hybridized carbons (Fsp3) is 0.474. The lowest BCUT2D eigenvalue weighted by atomic mass is 9.92. The molecule has 2 heterocycles. The molecule has 1 aliphatic rings. The highest BCUT2D eigenvalue weighted by Gasteiger charge is 2.40. The van der Waals surface area contributed by atoms with E-state index in [1.165, 1.54) is 6.92 Å². The van der Waals surface area contributed by atoms with E-state index in [0.29, 0.717) is 12.1 Å². The molecular formula is C19H20F6N4O3S. The van der Waals surface area contributed by atoms with Crippen LogP contribution in [-0.2, 0) is 35.3 Å². The fourth-order valence-corrected chi connectivity index (χ4v) is 4.27. The van der Waals surface area contributed by atoms with Crippen molar-refractivity contribution < 1.29 is 39.9 Å². The number of aliphatic hydroxyl groups excluding tert-OH is 1. The van der Waals surface area contributed by atoms with Crippen molar-refractivity contribution in [3.05, 3.63) is 40.5 Å². The minimum absolute atomic E-state index is 0.00736. The van der Waals surface area contributed by atoms with Crippen molar-refractivity contribution >= 4 is 15.8 Å². The van der Waals surface area contributed by atoms with Crippen molar-refractivity contribution in [2.75, 3.05) is 24.7 Å². The van der Waals surface area contributed by atoms with Crippen molar-refractivity contribution in [2.24, 2.45) is 0 Å². The van der Waals surface area contributed by atoms with Crippen molar-refractivity contribution in [3.8, 4) is 11.3 Å². The number of nitrogens with zero attached hydrogens (tertiary/aromatic N) is 3. The van der Waals surface area contributed by atoms with Gasteiger partial charge in [0.1, 0.15) is 0 Å². The maximum Gasteiger partial charge on any atom is 0.417 e. The van der Waals surface area contributed by atoms with E-state index in [1.54, 1.807) is 0 Å². The number of aromatic nitrogens is 2. The number of fused-ring (bicyclic) bond motifs is 1. The second kappa shape index (κ2) is 8.72. The van der Waals surface area contributed by atoms with E-state index in [2.05, 4.69) is 15.5 Å². The first-order chi connectivity index (χ1) is 15.1. The van der Waals surface area contributed by atoms with E-state index in [-0.39, 0.29) is 54.8 Å². The minimum Gasteiger partial charge on any atom is -0.392 e. The van der Waals surface area contributed by atoms with Gasteiger partial charge in [-0.05, 0) is 31.0 Å². The molecule has 0 saturated heterocycles. The van der Waals surface area contributed by atoms with Crippen LogP contribution in [0.15, 0.2) is 18.2 Å². The quantitative estimate of drug-likeness (QED) is 0.615. The van der Waals surface area contributed by atoms with Gasteiger partial charge in [0.05, 0.1) is 29.2 Å². The molecule has 0 radical (unpaired) electrons. The first kappa shape index (κ1) is 25.2. The molecule has 0 bridgehead atoms. The number of sulfonamides is 1. The predicted molar refractivity (Wildman–Crippen MR) is 107 cm³/mol. The predicted octanol–water partition coefficient (Wildman–Crippen LogP) is 3.29. The summed E-state index contributed by atoms with van der Waals surface area (Å²) >= 11 is 0. The van der Waals surface area contributed by atoms with Crippen LogP contribution < -0.4 is 5.32 Å². The molecule has 0 unspecified atom stereocenters. The van der Waals surface area contributed by atoms with Gasteiger partial charge in [-0.25, -0.2) is 8.42 Å². The molecular weight excluding hydrogens is 478 g/mol. The molecule has 33 heavy (non-hydrogen) atoms. The Balaban J connectivity index is 2.21. The number of nitrogens with one attached hydrogen (secondary N) is 1. The van der Waals surface area contributed by atoms with Crippen LogP contribution in [0.3, 0.4) is 0 Å². The number of aliphatic hydroxyl groups is 1. The fourth-order valence-electron chi connectivity index (χ4n) is 3.49. The standard InChI is InChI=1S/C19H20F6N4O3S/c1-10(30)8-26-17-14-9-29(33(2,31)32)6-5-12(14)16(27-28-17)13-4-3-11(18(20,21)22)7-15(13)19(23,24)25/h3-4,7,10,30H,5-6,8-9H2,1-2H3,(H,26,28)/t10-/m1/s1. The van der Waals surface area contributed by atoms with Gasteiger partial charge in [-0.2, -0.15) is 30.6 Å². The summed E-state index contributed by atoms with van der Waals surface area (Å²) in [6.45, 7) is 1.21. The second-order valence-corrected chi connectivity index (χ2v) is 9.67. The minimum atomic E-state index is -5.11. The van der Waals surface area contributed by atoms with Crippen molar-refractivity contribution in [3.63, 3.8) is 0 Å². The first-order valence-corrected chi connectivity index (χ1v) is 11.5. The molecule has 1 aromatic carbocycles. The van der Waals surface area contributed by atoms with Crippen LogP contribution in [0, 0.1) is 0 Å². The van der Waals surface area contributed by atoms with Crippen LogP contribution in [0.5, 0.6) is 0 Å². The van der Waals surface area contributed by atoms with Crippen LogP contribution in [0.4, 0.5) is 32.2 Å². The Hall–Kier alpha value is -2.45. The van der Waals surface area contributed by atoms with Gasteiger partial charge in [0.2, 0.25) is 10.0 Å². The lowest BCUT2D eigenvalue weighted by Gasteiger charge is -2.29. The zero-order chi connectivity index (χ0) is 24.8. The smallest absolute Gasteiger partial charge is 0.392 e. The van der Waals surface area contributed by atoms with Crippen LogP contribution in [0.1, 0.15) is 29.2 Å². The summed E-state index contributed by atoms with van der Waals surface area (Å²) in [7, 11) is -3.64. The molecule has 0 spiro atoms. The van der Waals surface area contributed by atoms with Gasteiger partial charge in [-0.1, -0.05) is 6.07 Å². The molecule has 0 amide bonds. The summed E-state index contributed by atoms with van der Waals surface area (Å²) < 4.78 is 105. The van der Waals surface area contributed by atoms with E-state index in [1.807, 2.05) is 0 Å². The van der Waals surface area contributed by atoms with Crippen molar-refractivity contribution in [2.45, 2.75) is 38.3 Å². The zero-order valence-corrected chi connectivity index (χ0v) is 18.2. The lowest BCUT2D eigenvalue weighted by Crippen LogP contribution is -2.36. The first-order valence-electron chi connectivity index (χ1n) is 9.63. The highest BCUT2D eigenvalue weighted by molar-refractivity contribution is 7.88. The average Bonchev–Trinajstić information content (AvgIpc) is 2.69. The summed E-state index contributed by atoms with van der Waals surface area (Å²) in [5, 5.41) is 20.0. The molecule has 1 aromatic heterocycles. The summed E-state index contributed by atoms with van der Waals surface area (Å²) in [4.78, 5) is 0. The number of benzene rings is 1. The number of hydrogen-bond donors (Lipinski definition) is 2. The van der Waals surface area contributed by atoms with Crippen LogP contribution in [0.25, 0.3) is 11.3 Å². The van der Waals surface area contributed by atoms with Crippen molar-refractivity contribution in [1.82, 2.24) is 14.5 Å². The van der Waals surface area contributed by atoms with Gasteiger partial charge in [0.25, 0.3) is 0 Å². The summed E-state index contributed by atoms with van der Waals surface area (Å²) in [5.74, 6) is 0.0727. The Morgan fingerprint density at radius 2 is 1.79 bits per heavy atom. The molecule has 3 rings (SSSR count). The molecule has 0 saturated carbocycles. The van der Waals surface area contributed by atoms with E-state index in [9.17, 15) is 39.9 Å². The van der Waals surface area contributed by atoms with Gasteiger partial charge in [-0.15, -0.1) is 10.2 Å². The van der Waals surface area contributed by atoms with Crippen LogP contribution in [0.2, 0.25) is 0 Å². The number of hydrogen-bond acceptors (Lipinski definition) is 6. The Kier molecular flexibility index (Phi) is 6.65. The molecule has 1 atom stereocenters. The van der Waals surface area contributed by atoms with Gasteiger partial charge in [0.15, 0.2) is 5.82 Å². The lowest BCUT2D eigenvalue weighted by molar-refractivity contribution is -0.142. The second-order valence-electron chi connectivity index (χ2n) is 7.69. The maximum atomic E-state index is 13.7. The Morgan fingerprint density at radius 1 is 1.12 bits per heavy atom. The molecule has 7 nitrogen and oxygen atoms in total.